The number of alkyl halides is 1. The van der Waals surface area contributed by atoms with E-state index in [4.69, 9.17) is 16.3 Å². The molecule has 2 nitrogen and oxygen atoms in total. The quantitative estimate of drug-likeness (QED) is 0.646. The van der Waals surface area contributed by atoms with Gasteiger partial charge in [0.1, 0.15) is 5.75 Å². The van der Waals surface area contributed by atoms with E-state index in [0.29, 0.717) is 17.7 Å². The molecule has 1 aromatic carbocycles. The van der Waals surface area contributed by atoms with Crippen LogP contribution in [0, 0.1) is 0 Å². The third kappa shape index (κ3) is 1.31. The summed E-state index contributed by atoms with van der Waals surface area (Å²) in [6.07, 6.45) is 0.407. The van der Waals surface area contributed by atoms with Crippen molar-refractivity contribution in [2.45, 2.75) is 11.8 Å². The Labute approximate surface area is 81.5 Å². The molecular weight excluding hydrogens is 188 g/mol. The normalized spacial score (nSPS) is 20.2. The van der Waals surface area contributed by atoms with Crippen molar-refractivity contribution in [3.8, 4) is 5.75 Å². The highest BCUT2D eigenvalue weighted by atomic mass is 35.5. The number of Topliss-reactive ketones (excluding diaryl/α,β-unsaturated/α-hetero) is 1. The second-order valence-corrected chi connectivity index (χ2v) is 3.57. The van der Waals surface area contributed by atoms with Crippen molar-refractivity contribution in [3.05, 3.63) is 29.3 Å². The Morgan fingerprint density at radius 1 is 1.54 bits per heavy atom. The van der Waals surface area contributed by atoms with Gasteiger partial charge >= 0.3 is 0 Å². The van der Waals surface area contributed by atoms with Gasteiger partial charge < -0.3 is 4.74 Å². The van der Waals surface area contributed by atoms with Crippen molar-refractivity contribution < 1.29 is 9.53 Å². The Morgan fingerprint density at radius 2 is 2.31 bits per heavy atom. The van der Waals surface area contributed by atoms with Crippen molar-refractivity contribution >= 4 is 17.4 Å². The van der Waals surface area contributed by atoms with Gasteiger partial charge in [-0.05, 0) is 17.7 Å². The van der Waals surface area contributed by atoms with Crippen LogP contribution in [0.25, 0.3) is 0 Å². The van der Waals surface area contributed by atoms with E-state index in [1.807, 2.05) is 12.1 Å². The topological polar surface area (TPSA) is 26.3 Å². The summed E-state index contributed by atoms with van der Waals surface area (Å²) in [6.45, 7) is 0. The Kier molecular flexibility index (Phi) is 2.00. The Hall–Kier alpha value is -1.02. The standard InChI is InChI=1S/C10H9ClO2/c1-13-6-2-3-7-8(4-6)10(12)5-9(7)11/h2-4,9H,5H2,1H3. The zero-order chi connectivity index (χ0) is 9.42. The maximum Gasteiger partial charge on any atom is 0.165 e. The van der Waals surface area contributed by atoms with Gasteiger partial charge in [-0.25, -0.2) is 0 Å². The summed E-state index contributed by atoms with van der Waals surface area (Å²) in [7, 11) is 1.58. The zero-order valence-corrected chi connectivity index (χ0v) is 7.97. The number of methoxy groups -OCH3 is 1. The lowest BCUT2D eigenvalue weighted by molar-refractivity contribution is 0.0993. The van der Waals surface area contributed by atoms with Crippen LogP contribution in [-0.2, 0) is 0 Å². The molecule has 2 rings (SSSR count). The predicted molar refractivity (Wildman–Crippen MR) is 50.5 cm³/mol. The van der Waals surface area contributed by atoms with Gasteiger partial charge in [0.25, 0.3) is 0 Å². The molecule has 0 fully saturated rings. The zero-order valence-electron chi connectivity index (χ0n) is 7.21. The number of benzene rings is 1. The van der Waals surface area contributed by atoms with Crippen molar-refractivity contribution in [1.82, 2.24) is 0 Å². The third-order valence-electron chi connectivity index (χ3n) is 2.26. The molecule has 1 atom stereocenters. The average molecular weight is 197 g/mol. The number of rotatable bonds is 1. The molecule has 0 bridgehead atoms. The monoisotopic (exact) mass is 196 g/mol. The van der Waals surface area contributed by atoms with Crippen LogP contribution in [0.15, 0.2) is 18.2 Å². The molecule has 0 N–H and O–H groups in total. The predicted octanol–water partition coefficient (Wildman–Crippen LogP) is 2.56. The van der Waals surface area contributed by atoms with Crippen molar-refractivity contribution in [2.75, 3.05) is 7.11 Å². The van der Waals surface area contributed by atoms with Crippen LogP contribution in [0.3, 0.4) is 0 Å². The first-order valence-corrected chi connectivity index (χ1v) is 4.51. The summed E-state index contributed by atoms with van der Waals surface area (Å²) in [4.78, 5) is 11.4. The summed E-state index contributed by atoms with van der Waals surface area (Å²) >= 11 is 5.97. The maximum absolute atomic E-state index is 11.4. The molecule has 0 aromatic heterocycles. The van der Waals surface area contributed by atoms with E-state index < -0.39 is 0 Å². The number of fused-ring (bicyclic) bond motifs is 1. The molecule has 3 heteroatoms. The van der Waals surface area contributed by atoms with Crippen LogP contribution in [0.1, 0.15) is 27.7 Å². The molecular formula is C10H9ClO2. The average Bonchev–Trinajstić information content (AvgIpc) is 2.42. The first-order valence-electron chi connectivity index (χ1n) is 4.07. The lowest BCUT2D eigenvalue weighted by Gasteiger charge is -2.03. The van der Waals surface area contributed by atoms with Gasteiger partial charge in [-0.1, -0.05) is 6.07 Å². The number of halogens is 1. The largest absolute Gasteiger partial charge is 0.497 e. The molecule has 0 radical (unpaired) electrons. The lowest BCUT2D eigenvalue weighted by Crippen LogP contribution is -1.92. The van der Waals surface area contributed by atoms with E-state index >= 15 is 0 Å². The molecule has 68 valence electrons. The number of hydrogen-bond donors (Lipinski definition) is 0. The van der Waals surface area contributed by atoms with E-state index in [0.717, 1.165) is 5.56 Å². The lowest BCUT2D eigenvalue weighted by atomic mass is 10.1. The number of hydrogen-bond acceptors (Lipinski definition) is 2. The molecule has 13 heavy (non-hydrogen) atoms. The number of carbonyl (C=O) groups is 1. The summed E-state index contributed by atoms with van der Waals surface area (Å²) in [6, 6.07) is 5.43. The van der Waals surface area contributed by atoms with E-state index in [1.54, 1.807) is 13.2 Å². The van der Waals surface area contributed by atoms with Crippen molar-refractivity contribution in [2.24, 2.45) is 0 Å². The highest BCUT2D eigenvalue weighted by Crippen LogP contribution is 2.37. The molecule has 1 aliphatic carbocycles. The fourth-order valence-corrected chi connectivity index (χ4v) is 1.89. The highest BCUT2D eigenvalue weighted by Gasteiger charge is 2.27. The molecule has 0 spiro atoms. The van der Waals surface area contributed by atoms with Gasteiger partial charge in [0.15, 0.2) is 5.78 Å². The van der Waals surface area contributed by atoms with E-state index in [9.17, 15) is 4.79 Å². The maximum atomic E-state index is 11.4. The third-order valence-corrected chi connectivity index (χ3v) is 2.65. The Balaban J connectivity index is 2.52. The van der Waals surface area contributed by atoms with Gasteiger partial charge in [-0.2, -0.15) is 0 Å². The molecule has 1 aliphatic rings. The number of ketones is 1. The summed E-state index contributed by atoms with van der Waals surface area (Å²) < 4.78 is 5.03. The minimum atomic E-state index is -0.159. The molecule has 0 saturated carbocycles. The summed E-state index contributed by atoms with van der Waals surface area (Å²) in [5, 5.41) is -0.159. The van der Waals surface area contributed by atoms with Crippen LogP contribution in [0.2, 0.25) is 0 Å². The molecule has 0 amide bonds. The fraction of sp³-hybridized carbons (Fsp3) is 0.300. The van der Waals surface area contributed by atoms with Crippen LogP contribution in [-0.4, -0.2) is 12.9 Å². The van der Waals surface area contributed by atoms with E-state index in [1.165, 1.54) is 0 Å². The van der Waals surface area contributed by atoms with Crippen LogP contribution < -0.4 is 4.74 Å². The first-order chi connectivity index (χ1) is 6.22. The first kappa shape index (κ1) is 8.57. The Bertz CT molecular complexity index is 360. The summed E-state index contributed by atoms with van der Waals surface area (Å²) in [5.41, 5.74) is 1.63. The van der Waals surface area contributed by atoms with Crippen LogP contribution in [0.4, 0.5) is 0 Å². The highest BCUT2D eigenvalue weighted by molar-refractivity contribution is 6.25. The Morgan fingerprint density at radius 3 is 3.00 bits per heavy atom. The van der Waals surface area contributed by atoms with Gasteiger partial charge in [0, 0.05) is 12.0 Å². The minimum absolute atomic E-state index is 0.105. The van der Waals surface area contributed by atoms with Crippen molar-refractivity contribution in [3.63, 3.8) is 0 Å². The number of ether oxygens (including phenoxy) is 1. The second kappa shape index (κ2) is 3.04. The smallest absolute Gasteiger partial charge is 0.165 e. The van der Waals surface area contributed by atoms with Gasteiger partial charge in [0.05, 0.1) is 12.5 Å². The molecule has 1 unspecified atom stereocenters. The van der Waals surface area contributed by atoms with Gasteiger partial charge in [-0.15, -0.1) is 11.6 Å². The summed E-state index contributed by atoms with van der Waals surface area (Å²) in [5.74, 6) is 0.812. The van der Waals surface area contributed by atoms with E-state index in [-0.39, 0.29) is 11.2 Å². The van der Waals surface area contributed by atoms with Gasteiger partial charge in [0.2, 0.25) is 0 Å². The minimum Gasteiger partial charge on any atom is -0.497 e. The molecule has 0 heterocycles. The molecule has 0 saturated heterocycles. The van der Waals surface area contributed by atoms with Crippen LogP contribution in [0.5, 0.6) is 5.75 Å². The molecule has 1 aromatic rings. The van der Waals surface area contributed by atoms with E-state index in [2.05, 4.69) is 0 Å². The van der Waals surface area contributed by atoms with Crippen molar-refractivity contribution in [1.29, 1.82) is 0 Å². The second-order valence-electron chi connectivity index (χ2n) is 3.05. The number of carbonyl (C=O) groups excluding carboxylic acids is 1. The SMILES string of the molecule is COc1ccc2c(c1)C(=O)CC2Cl. The fourth-order valence-electron chi connectivity index (χ4n) is 1.56. The van der Waals surface area contributed by atoms with Gasteiger partial charge in [-0.3, -0.25) is 4.79 Å². The molecule has 0 aliphatic heterocycles. The van der Waals surface area contributed by atoms with Crippen LogP contribution >= 0.6 is 11.6 Å².